The van der Waals surface area contributed by atoms with Gasteiger partial charge in [-0.15, -0.1) is 0 Å². The molecule has 0 spiro atoms. The number of pyridine rings is 1. The number of carbonyl (C=O) groups excluding carboxylic acids is 1. The van der Waals surface area contributed by atoms with Crippen molar-refractivity contribution in [2.75, 3.05) is 72.1 Å². The maximum atomic E-state index is 12.4. The van der Waals surface area contributed by atoms with Gasteiger partial charge in [-0.1, -0.05) is 0 Å². The highest BCUT2D eigenvalue weighted by Crippen LogP contribution is 2.30. The van der Waals surface area contributed by atoms with Crippen molar-refractivity contribution >= 4 is 40.7 Å². The number of nitrogens with zero attached hydrogens (tertiary/aromatic N) is 7. The molecule has 226 valence electrons. The molecule has 3 saturated heterocycles. The Labute approximate surface area is 256 Å². The van der Waals surface area contributed by atoms with Crippen LogP contribution < -0.4 is 25.8 Å². The van der Waals surface area contributed by atoms with Gasteiger partial charge in [0.25, 0.3) is 0 Å². The van der Waals surface area contributed by atoms with E-state index in [9.17, 15) is 4.79 Å². The van der Waals surface area contributed by atoms with Crippen LogP contribution in [0.5, 0.6) is 0 Å². The second kappa shape index (κ2) is 12.4. The van der Waals surface area contributed by atoms with Crippen molar-refractivity contribution in [3.8, 4) is 11.4 Å². The molecule has 5 heterocycles. The van der Waals surface area contributed by atoms with E-state index in [1.165, 1.54) is 5.69 Å². The number of nitrogens with one attached hydrogen (secondary N) is 3. The van der Waals surface area contributed by atoms with Gasteiger partial charge in [-0.25, -0.2) is 4.79 Å². The summed E-state index contributed by atoms with van der Waals surface area (Å²) in [5.74, 6) is 1.66. The number of aromatic nitrogens is 4. The molecule has 7 rings (SSSR count). The molecule has 12 nitrogen and oxygen atoms in total. The highest BCUT2D eigenvalue weighted by molar-refractivity contribution is 5.99. The molecule has 2 unspecified atom stereocenters. The van der Waals surface area contributed by atoms with Gasteiger partial charge in [0.15, 0.2) is 5.82 Å². The number of carbonyl (C=O) groups is 1. The van der Waals surface area contributed by atoms with E-state index in [0.717, 1.165) is 63.4 Å². The van der Waals surface area contributed by atoms with Crippen LogP contribution >= 0.6 is 0 Å². The van der Waals surface area contributed by atoms with Gasteiger partial charge in [-0.05, 0) is 80.6 Å². The Bertz CT molecular complexity index is 1570. The van der Waals surface area contributed by atoms with Gasteiger partial charge in [-0.2, -0.15) is 15.0 Å². The normalized spacial score (nSPS) is 19.9. The molecule has 2 amide bonds. The van der Waals surface area contributed by atoms with E-state index in [4.69, 9.17) is 19.7 Å². The molecule has 2 atom stereocenters. The molecule has 0 saturated carbocycles. The zero-order valence-electron chi connectivity index (χ0n) is 24.7. The zero-order chi connectivity index (χ0) is 29.9. The molecular weight excluding hydrogens is 556 g/mol. The maximum Gasteiger partial charge on any atom is 0.323 e. The van der Waals surface area contributed by atoms with Crippen molar-refractivity contribution in [1.82, 2.24) is 24.8 Å². The third-order valence-corrected chi connectivity index (χ3v) is 8.26. The van der Waals surface area contributed by atoms with E-state index < -0.39 is 0 Å². The first-order valence-corrected chi connectivity index (χ1v) is 15.1. The lowest BCUT2D eigenvalue weighted by Gasteiger charge is -2.34. The summed E-state index contributed by atoms with van der Waals surface area (Å²) in [5, 5.41) is 9.04. The number of urea groups is 1. The van der Waals surface area contributed by atoms with Gasteiger partial charge in [0, 0.05) is 68.1 Å². The van der Waals surface area contributed by atoms with Crippen molar-refractivity contribution in [1.29, 1.82) is 0 Å². The third-order valence-electron chi connectivity index (χ3n) is 8.26. The van der Waals surface area contributed by atoms with Gasteiger partial charge in [0.05, 0.1) is 24.1 Å². The minimum atomic E-state index is -0.347. The van der Waals surface area contributed by atoms with E-state index in [0.29, 0.717) is 29.1 Å². The number of likely N-dealkylation sites (N-methyl/N-ethyl adjacent to an activating group) is 1. The molecule has 3 aliphatic heterocycles. The molecule has 3 N–H and O–H groups in total. The molecule has 0 radical (unpaired) electrons. The van der Waals surface area contributed by atoms with E-state index in [2.05, 4.69) is 66.9 Å². The van der Waals surface area contributed by atoms with Crippen LogP contribution in [0.4, 0.5) is 39.4 Å². The van der Waals surface area contributed by atoms with Crippen molar-refractivity contribution in [2.45, 2.75) is 25.0 Å². The average Bonchev–Trinajstić information content (AvgIpc) is 3.39. The lowest BCUT2D eigenvalue weighted by Crippen LogP contribution is -2.44. The third kappa shape index (κ3) is 6.56. The summed E-state index contributed by atoms with van der Waals surface area (Å²) in [7, 11) is 2.16. The van der Waals surface area contributed by atoms with E-state index in [1.54, 1.807) is 24.5 Å². The number of fused-ring (bicyclic) bond motifs is 2. The molecule has 2 aromatic carbocycles. The first kappa shape index (κ1) is 28.0. The van der Waals surface area contributed by atoms with Gasteiger partial charge in [0.1, 0.15) is 0 Å². The first-order valence-electron chi connectivity index (χ1n) is 15.1. The summed E-state index contributed by atoms with van der Waals surface area (Å²) in [5.41, 5.74) is 4.20. The standard InChI is InChI=1S/C32H36N10O2/c1-40-15-17-41(18-16-40)26-10-8-23(9-11-26)34-30-37-29(38-31(39-30)42-20-27-12-13-28(21-42)44-27)22-4-6-24(7-5-22)35-32(43)36-25-3-2-14-33-19-25/h2-11,14,19,27-28H,12-13,15-18,20-21H2,1H3,(H2,35,36,43)(H,34,37,38,39). The van der Waals surface area contributed by atoms with Gasteiger partial charge in [0.2, 0.25) is 11.9 Å². The summed E-state index contributed by atoms with van der Waals surface area (Å²) in [6.07, 6.45) is 5.78. The predicted molar refractivity (Wildman–Crippen MR) is 172 cm³/mol. The summed E-state index contributed by atoms with van der Waals surface area (Å²) < 4.78 is 6.06. The lowest BCUT2D eigenvalue weighted by atomic mass is 10.2. The number of morpholine rings is 1. The van der Waals surface area contributed by atoms with Crippen molar-refractivity contribution < 1.29 is 9.53 Å². The van der Waals surface area contributed by atoms with Gasteiger partial charge in [-0.3, -0.25) is 4.98 Å². The molecule has 2 bridgehead atoms. The zero-order valence-corrected chi connectivity index (χ0v) is 24.7. The Balaban J connectivity index is 1.10. The van der Waals surface area contributed by atoms with Crippen LogP contribution in [0.15, 0.2) is 73.1 Å². The number of hydrogen-bond acceptors (Lipinski definition) is 10. The van der Waals surface area contributed by atoms with Crippen LogP contribution in [-0.2, 0) is 4.74 Å². The average molecular weight is 593 g/mol. The number of benzene rings is 2. The molecular formula is C32H36N10O2. The van der Waals surface area contributed by atoms with Crippen LogP contribution in [0.25, 0.3) is 11.4 Å². The molecule has 2 aromatic heterocycles. The molecule has 3 aliphatic rings. The first-order chi connectivity index (χ1) is 21.5. The fourth-order valence-electron chi connectivity index (χ4n) is 5.85. The Kier molecular flexibility index (Phi) is 7.91. The quantitative estimate of drug-likeness (QED) is 0.284. The molecule has 12 heteroatoms. The number of rotatable bonds is 7. The Morgan fingerprint density at radius 1 is 0.795 bits per heavy atom. The molecule has 44 heavy (non-hydrogen) atoms. The predicted octanol–water partition coefficient (Wildman–Crippen LogP) is 4.44. The minimum Gasteiger partial charge on any atom is -0.371 e. The molecule has 0 aliphatic carbocycles. The maximum absolute atomic E-state index is 12.4. The van der Waals surface area contributed by atoms with E-state index in [1.807, 2.05) is 24.3 Å². The SMILES string of the molecule is CN1CCN(c2ccc(Nc3nc(-c4ccc(NC(=O)Nc5cccnc5)cc4)nc(N4CC5CCC(C4)O5)n3)cc2)CC1. The van der Waals surface area contributed by atoms with Gasteiger partial charge < -0.3 is 35.4 Å². The number of amides is 2. The minimum absolute atomic E-state index is 0.204. The summed E-state index contributed by atoms with van der Waals surface area (Å²) >= 11 is 0. The molecule has 3 fully saturated rings. The second-order valence-corrected chi connectivity index (χ2v) is 11.5. The van der Waals surface area contributed by atoms with Crippen LogP contribution in [0.2, 0.25) is 0 Å². The Morgan fingerprint density at radius 2 is 1.50 bits per heavy atom. The fourth-order valence-corrected chi connectivity index (χ4v) is 5.85. The summed E-state index contributed by atoms with van der Waals surface area (Å²) in [6, 6.07) is 19.1. The lowest BCUT2D eigenvalue weighted by molar-refractivity contribution is 0.0299. The Hall–Kier alpha value is -4.81. The molecule has 4 aromatic rings. The number of ether oxygens (including phenoxy) is 1. The largest absolute Gasteiger partial charge is 0.371 e. The number of anilines is 6. The Morgan fingerprint density at radius 3 is 2.20 bits per heavy atom. The van der Waals surface area contributed by atoms with Crippen LogP contribution in [0.1, 0.15) is 12.8 Å². The van der Waals surface area contributed by atoms with E-state index >= 15 is 0 Å². The highest BCUT2D eigenvalue weighted by atomic mass is 16.5. The van der Waals surface area contributed by atoms with Crippen LogP contribution in [-0.4, -0.2) is 89.4 Å². The topological polar surface area (TPSA) is 124 Å². The smallest absolute Gasteiger partial charge is 0.323 e. The second-order valence-electron chi connectivity index (χ2n) is 11.5. The van der Waals surface area contributed by atoms with Crippen molar-refractivity contribution in [2.24, 2.45) is 0 Å². The fraction of sp³-hybridized carbons (Fsp3) is 0.344. The van der Waals surface area contributed by atoms with Crippen LogP contribution in [0.3, 0.4) is 0 Å². The summed E-state index contributed by atoms with van der Waals surface area (Å²) in [4.78, 5) is 38.0. The monoisotopic (exact) mass is 592 g/mol. The summed E-state index contributed by atoms with van der Waals surface area (Å²) in [6.45, 7) is 5.69. The van der Waals surface area contributed by atoms with Gasteiger partial charge >= 0.3 is 6.03 Å². The highest BCUT2D eigenvalue weighted by Gasteiger charge is 2.35. The van der Waals surface area contributed by atoms with Crippen LogP contribution in [0, 0.1) is 0 Å². The van der Waals surface area contributed by atoms with Crippen molar-refractivity contribution in [3.05, 3.63) is 73.1 Å². The number of piperazine rings is 1. The van der Waals surface area contributed by atoms with Crippen molar-refractivity contribution in [3.63, 3.8) is 0 Å². The number of hydrogen-bond donors (Lipinski definition) is 3. The van der Waals surface area contributed by atoms with E-state index in [-0.39, 0.29) is 18.2 Å².